The maximum atomic E-state index is 12.7. The van der Waals surface area contributed by atoms with E-state index in [1.165, 1.54) is 12.5 Å². The highest BCUT2D eigenvalue weighted by Gasteiger charge is 2.27. The Bertz CT molecular complexity index is 792. The van der Waals surface area contributed by atoms with E-state index < -0.39 is 5.41 Å². The number of hydrogen-bond acceptors (Lipinski definition) is 5. The molecule has 0 fully saturated rings. The maximum absolute atomic E-state index is 12.7. The summed E-state index contributed by atoms with van der Waals surface area (Å²) < 4.78 is 1.81. The van der Waals surface area contributed by atoms with E-state index in [0.717, 1.165) is 25.2 Å². The van der Waals surface area contributed by atoms with Crippen molar-refractivity contribution < 1.29 is 9.59 Å². The summed E-state index contributed by atoms with van der Waals surface area (Å²) in [6.45, 7) is 6.26. The van der Waals surface area contributed by atoms with Crippen molar-refractivity contribution in [1.29, 1.82) is 0 Å². The van der Waals surface area contributed by atoms with Gasteiger partial charge in [-0.1, -0.05) is 20.8 Å². The predicted octanol–water partition coefficient (Wildman–Crippen LogP) is 1.92. The van der Waals surface area contributed by atoms with Crippen LogP contribution in [-0.4, -0.2) is 31.6 Å². The molecular formula is C17H22N6O2. The van der Waals surface area contributed by atoms with Crippen LogP contribution in [0.2, 0.25) is 0 Å². The molecule has 2 aromatic heterocycles. The average molecular weight is 342 g/mol. The lowest BCUT2D eigenvalue weighted by atomic mass is 9.95. The van der Waals surface area contributed by atoms with Crippen molar-refractivity contribution >= 4 is 17.5 Å². The first-order valence-corrected chi connectivity index (χ1v) is 8.30. The van der Waals surface area contributed by atoms with Crippen molar-refractivity contribution in [2.24, 2.45) is 5.41 Å². The normalized spacial score (nSPS) is 16.8. The molecule has 2 N–H and O–H groups in total. The largest absolute Gasteiger partial charge is 0.342 e. The summed E-state index contributed by atoms with van der Waals surface area (Å²) in [6.07, 6.45) is 6.22. The first-order chi connectivity index (χ1) is 11.9. The molecule has 1 aliphatic rings. The van der Waals surface area contributed by atoms with Crippen LogP contribution in [-0.2, 0) is 11.3 Å². The zero-order valence-corrected chi connectivity index (χ0v) is 14.6. The third-order valence-electron chi connectivity index (χ3n) is 4.12. The van der Waals surface area contributed by atoms with Crippen molar-refractivity contribution in [3.05, 3.63) is 36.2 Å². The molecule has 3 heterocycles. The second-order valence-corrected chi connectivity index (χ2v) is 7.14. The van der Waals surface area contributed by atoms with Gasteiger partial charge in [-0.25, -0.2) is 9.67 Å². The van der Waals surface area contributed by atoms with E-state index in [2.05, 4.69) is 25.7 Å². The van der Waals surface area contributed by atoms with E-state index in [-0.39, 0.29) is 17.9 Å². The van der Waals surface area contributed by atoms with Gasteiger partial charge in [-0.2, -0.15) is 5.10 Å². The number of amides is 2. The number of anilines is 1. The number of pyridine rings is 1. The number of aryl methyl sites for hydroxylation is 1. The lowest BCUT2D eigenvalue weighted by molar-refractivity contribution is -0.123. The molecule has 8 heteroatoms. The van der Waals surface area contributed by atoms with Gasteiger partial charge in [-0.05, 0) is 18.9 Å². The van der Waals surface area contributed by atoms with Crippen LogP contribution >= 0.6 is 0 Å². The Balaban J connectivity index is 1.79. The second-order valence-electron chi connectivity index (χ2n) is 7.14. The zero-order chi connectivity index (χ0) is 18.0. The minimum Gasteiger partial charge on any atom is -0.342 e. The molecule has 1 unspecified atom stereocenters. The van der Waals surface area contributed by atoms with Crippen molar-refractivity contribution in [2.75, 3.05) is 5.32 Å². The van der Waals surface area contributed by atoms with Crippen LogP contribution < -0.4 is 10.6 Å². The van der Waals surface area contributed by atoms with Gasteiger partial charge >= 0.3 is 0 Å². The van der Waals surface area contributed by atoms with Crippen LogP contribution in [0, 0.1) is 5.41 Å². The van der Waals surface area contributed by atoms with Gasteiger partial charge in [0.05, 0.1) is 17.3 Å². The van der Waals surface area contributed by atoms with E-state index in [9.17, 15) is 9.59 Å². The standard InChI is InChI=1S/C17H22N6O2/c1-17(2,3)16(25)22-12-6-7-18-9-11(12)15(24)21-13-5-4-8-23-14(13)19-10-20-23/h6-7,9-10,13H,4-5,8H2,1-3H3,(H,21,24)(H,18,22,25). The quantitative estimate of drug-likeness (QED) is 0.887. The summed E-state index contributed by atoms with van der Waals surface area (Å²) in [5.41, 5.74) is 0.220. The molecule has 0 saturated carbocycles. The van der Waals surface area contributed by atoms with Gasteiger partial charge in [0.2, 0.25) is 5.91 Å². The summed E-state index contributed by atoms with van der Waals surface area (Å²) in [4.78, 5) is 33.2. The van der Waals surface area contributed by atoms with Crippen molar-refractivity contribution in [3.63, 3.8) is 0 Å². The number of carbonyl (C=O) groups is 2. The molecule has 8 nitrogen and oxygen atoms in total. The van der Waals surface area contributed by atoms with Gasteiger partial charge in [0.25, 0.3) is 5.91 Å². The van der Waals surface area contributed by atoms with Crippen LogP contribution in [0.4, 0.5) is 5.69 Å². The minimum atomic E-state index is -0.559. The molecule has 0 bridgehead atoms. The fourth-order valence-electron chi connectivity index (χ4n) is 2.66. The van der Waals surface area contributed by atoms with E-state index in [1.54, 1.807) is 16.9 Å². The molecule has 1 aliphatic heterocycles. The molecule has 132 valence electrons. The number of nitrogens with zero attached hydrogens (tertiary/aromatic N) is 4. The van der Waals surface area contributed by atoms with E-state index in [4.69, 9.17) is 0 Å². The van der Waals surface area contributed by atoms with Gasteiger partial charge in [0.15, 0.2) is 0 Å². The molecule has 1 atom stereocenters. The molecule has 2 amide bonds. The average Bonchev–Trinajstić information content (AvgIpc) is 3.04. The van der Waals surface area contributed by atoms with E-state index >= 15 is 0 Å². The molecule has 0 aliphatic carbocycles. The second kappa shape index (κ2) is 6.62. The fourth-order valence-corrected chi connectivity index (χ4v) is 2.66. The molecule has 0 radical (unpaired) electrons. The van der Waals surface area contributed by atoms with Crippen molar-refractivity contribution in [2.45, 2.75) is 46.2 Å². The number of rotatable bonds is 3. The van der Waals surface area contributed by atoms with Crippen LogP contribution in [0.1, 0.15) is 55.8 Å². The Kier molecular flexibility index (Phi) is 4.52. The third kappa shape index (κ3) is 3.67. The summed E-state index contributed by atoms with van der Waals surface area (Å²) in [7, 11) is 0. The molecule has 0 spiro atoms. The van der Waals surface area contributed by atoms with Crippen LogP contribution in [0.25, 0.3) is 0 Å². The predicted molar refractivity (Wildman–Crippen MR) is 91.8 cm³/mol. The van der Waals surface area contributed by atoms with E-state index in [1.807, 2.05) is 20.8 Å². The number of fused-ring (bicyclic) bond motifs is 1. The molecule has 0 aromatic carbocycles. The molecule has 0 saturated heterocycles. The highest BCUT2D eigenvalue weighted by molar-refractivity contribution is 6.04. The minimum absolute atomic E-state index is 0.162. The fraction of sp³-hybridized carbons (Fsp3) is 0.471. The number of carbonyl (C=O) groups excluding carboxylic acids is 2. The zero-order valence-electron chi connectivity index (χ0n) is 14.6. The summed E-state index contributed by atoms with van der Waals surface area (Å²) in [5, 5.41) is 9.94. The van der Waals surface area contributed by atoms with Crippen molar-refractivity contribution in [3.8, 4) is 0 Å². The van der Waals surface area contributed by atoms with Gasteiger partial charge in [-0.3, -0.25) is 14.6 Å². The van der Waals surface area contributed by atoms with Crippen LogP contribution in [0.15, 0.2) is 24.8 Å². The summed E-state index contributed by atoms with van der Waals surface area (Å²) >= 11 is 0. The smallest absolute Gasteiger partial charge is 0.255 e. The first kappa shape index (κ1) is 17.1. The maximum Gasteiger partial charge on any atom is 0.255 e. The van der Waals surface area contributed by atoms with Crippen LogP contribution in [0.3, 0.4) is 0 Å². The molecule has 25 heavy (non-hydrogen) atoms. The highest BCUT2D eigenvalue weighted by Crippen LogP contribution is 2.24. The van der Waals surface area contributed by atoms with E-state index in [0.29, 0.717) is 11.3 Å². The van der Waals surface area contributed by atoms with Gasteiger partial charge in [0.1, 0.15) is 12.2 Å². The number of aromatic nitrogens is 4. The Morgan fingerprint density at radius 2 is 2.12 bits per heavy atom. The van der Waals surface area contributed by atoms with Gasteiger partial charge < -0.3 is 10.6 Å². The number of hydrogen-bond donors (Lipinski definition) is 2. The Hall–Kier alpha value is -2.77. The SMILES string of the molecule is CC(C)(C)C(=O)Nc1ccncc1C(=O)NC1CCCn2ncnc21. The van der Waals surface area contributed by atoms with Gasteiger partial charge in [0, 0.05) is 24.4 Å². The topological polar surface area (TPSA) is 102 Å². The lowest BCUT2D eigenvalue weighted by Crippen LogP contribution is -2.34. The third-order valence-corrected chi connectivity index (χ3v) is 4.12. The molecular weight excluding hydrogens is 320 g/mol. The van der Waals surface area contributed by atoms with Gasteiger partial charge in [-0.15, -0.1) is 0 Å². The Labute approximate surface area is 146 Å². The molecule has 2 aromatic rings. The van der Waals surface area contributed by atoms with Crippen LogP contribution in [0.5, 0.6) is 0 Å². The Morgan fingerprint density at radius 1 is 1.32 bits per heavy atom. The Morgan fingerprint density at radius 3 is 2.88 bits per heavy atom. The first-order valence-electron chi connectivity index (χ1n) is 8.30. The lowest BCUT2D eigenvalue weighted by Gasteiger charge is -2.24. The summed E-state index contributed by atoms with van der Waals surface area (Å²) in [6, 6.07) is 1.43. The van der Waals surface area contributed by atoms with Crippen molar-refractivity contribution in [1.82, 2.24) is 25.1 Å². The highest BCUT2D eigenvalue weighted by atomic mass is 16.2. The molecule has 3 rings (SSSR count). The number of nitrogens with one attached hydrogen (secondary N) is 2. The monoisotopic (exact) mass is 342 g/mol. The summed E-state index contributed by atoms with van der Waals surface area (Å²) in [5.74, 6) is 0.299.